The number of benzene rings is 2. The zero-order chi connectivity index (χ0) is 32.4. The standard InChI is InChI=1S/C33H42N4O8S/c1-20(2)17-37(46(41,42)22-10-11-25-24(16-22)30(31(39)35-25)26-9-6-13-34-26)18-28(38)27(15-21-7-4-3-5-8-21)36-33(40)45-29-19-44-32-23(29)12-14-43-32/h3-5,7-8,10-11,16,20,23,27-29,32,35,38-39H,6,9,12-15,17-19H2,1-2H3,(H,36,40)/t23?,27-,28+,29-,32?/m0/s1. The van der Waals surface area contributed by atoms with E-state index in [2.05, 4.69) is 15.3 Å². The van der Waals surface area contributed by atoms with Crippen LogP contribution in [0.5, 0.6) is 5.88 Å². The molecule has 13 heteroatoms. The summed E-state index contributed by atoms with van der Waals surface area (Å²) in [6.07, 6.45) is -0.281. The number of aliphatic hydroxyl groups is 1. The molecule has 248 valence electrons. The fourth-order valence-corrected chi connectivity index (χ4v) is 8.19. The van der Waals surface area contributed by atoms with E-state index in [1.54, 1.807) is 12.1 Å². The lowest BCUT2D eigenvalue weighted by molar-refractivity contribution is -0.0907. The number of rotatable bonds is 12. The molecule has 0 spiro atoms. The van der Waals surface area contributed by atoms with Crippen LogP contribution in [0.25, 0.3) is 10.9 Å². The van der Waals surface area contributed by atoms with Gasteiger partial charge in [0.2, 0.25) is 10.0 Å². The number of nitrogens with one attached hydrogen (secondary N) is 2. The normalized spacial score (nSPS) is 22.7. The molecular weight excluding hydrogens is 612 g/mol. The summed E-state index contributed by atoms with van der Waals surface area (Å²) in [7, 11) is -4.11. The Morgan fingerprint density at radius 1 is 1.17 bits per heavy atom. The smallest absolute Gasteiger partial charge is 0.407 e. The van der Waals surface area contributed by atoms with Crippen molar-refractivity contribution in [1.82, 2.24) is 14.6 Å². The van der Waals surface area contributed by atoms with Crippen LogP contribution in [0.4, 0.5) is 4.79 Å². The number of hydrogen-bond donors (Lipinski definition) is 4. The first-order chi connectivity index (χ1) is 22.1. The maximum Gasteiger partial charge on any atom is 0.407 e. The van der Waals surface area contributed by atoms with Crippen LogP contribution in [0.2, 0.25) is 0 Å². The molecule has 2 aromatic carbocycles. The minimum atomic E-state index is -4.11. The SMILES string of the molecule is CC(C)CN(C[C@@H](O)[C@H](Cc1ccccc1)NC(=O)O[C@H]1COC2OCCC21)S(=O)(=O)c1ccc2[nH]c(O)c(C3=NCCC3)c2c1. The number of carbonyl (C=O) groups excluding carboxylic acids is 1. The highest BCUT2D eigenvalue weighted by molar-refractivity contribution is 7.89. The topological polar surface area (TPSA) is 163 Å². The lowest BCUT2D eigenvalue weighted by atomic mass is 10.0. The van der Waals surface area contributed by atoms with Crippen LogP contribution in [-0.4, -0.2) is 97.1 Å². The molecule has 1 aromatic heterocycles. The van der Waals surface area contributed by atoms with E-state index in [9.17, 15) is 23.4 Å². The van der Waals surface area contributed by atoms with Gasteiger partial charge in [-0.15, -0.1) is 0 Å². The molecule has 0 bridgehead atoms. The minimum absolute atomic E-state index is 0.0354. The van der Waals surface area contributed by atoms with E-state index < -0.39 is 34.4 Å². The van der Waals surface area contributed by atoms with Gasteiger partial charge in [-0.1, -0.05) is 44.2 Å². The molecule has 3 aliphatic heterocycles. The third-order valence-corrected chi connectivity index (χ3v) is 10.6. The average Bonchev–Trinajstić information content (AvgIpc) is 3.82. The van der Waals surface area contributed by atoms with Gasteiger partial charge in [-0.2, -0.15) is 4.31 Å². The van der Waals surface area contributed by atoms with Crippen LogP contribution < -0.4 is 5.32 Å². The predicted molar refractivity (Wildman–Crippen MR) is 171 cm³/mol. The highest BCUT2D eigenvalue weighted by Gasteiger charge is 2.44. The molecule has 3 aromatic rings. The van der Waals surface area contributed by atoms with Crippen LogP contribution in [0, 0.1) is 11.8 Å². The number of aliphatic imine (C=N–C) groups is 1. The highest BCUT2D eigenvalue weighted by atomic mass is 32.2. The number of aromatic nitrogens is 1. The van der Waals surface area contributed by atoms with Crippen molar-refractivity contribution >= 4 is 32.7 Å². The van der Waals surface area contributed by atoms with Crippen molar-refractivity contribution < 1.29 is 37.6 Å². The first kappa shape index (κ1) is 32.5. The Bertz CT molecular complexity index is 1680. The van der Waals surface area contributed by atoms with Gasteiger partial charge in [-0.05, 0) is 55.4 Å². The monoisotopic (exact) mass is 654 g/mol. The summed E-state index contributed by atoms with van der Waals surface area (Å²) < 4.78 is 46.5. The van der Waals surface area contributed by atoms with Gasteiger partial charge in [0.15, 0.2) is 12.2 Å². The number of alkyl carbamates (subject to hydrolysis) is 1. The fourth-order valence-electron chi connectivity index (χ4n) is 6.54. The highest BCUT2D eigenvalue weighted by Crippen LogP contribution is 2.34. The number of ether oxygens (including phenoxy) is 3. The number of hydrogen-bond acceptors (Lipinski definition) is 9. The number of carbonyl (C=O) groups is 1. The van der Waals surface area contributed by atoms with Crippen LogP contribution in [-0.2, 0) is 30.7 Å². The number of H-pyrrole nitrogens is 1. The molecule has 2 unspecified atom stereocenters. The van der Waals surface area contributed by atoms with Crippen molar-refractivity contribution in [3.05, 3.63) is 59.7 Å². The molecule has 2 saturated heterocycles. The molecule has 1 amide bonds. The molecule has 4 N–H and O–H groups in total. The minimum Gasteiger partial charge on any atom is -0.494 e. The van der Waals surface area contributed by atoms with Gasteiger partial charge in [-0.3, -0.25) is 4.99 Å². The number of nitrogens with zero attached hydrogens (tertiary/aromatic N) is 2. The van der Waals surface area contributed by atoms with E-state index in [1.807, 2.05) is 44.2 Å². The maximum atomic E-state index is 14.2. The molecule has 46 heavy (non-hydrogen) atoms. The number of fused-ring (bicyclic) bond motifs is 2. The summed E-state index contributed by atoms with van der Waals surface area (Å²) in [5, 5.41) is 25.6. The summed E-state index contributed by atoms with van der Waals surface area (Å²) in [5.41, 5.74) is 2.73. The van der Waals surface area contributed by atoms with Crippen LogP contribution in [0.15, 0.2) is 58.4 Å². The van der Waals surface area contributed by atoms with Crippen LogP contribution >= 0.6 is 0 Å². The van der Waals surface area contributed by atoms with E-state index in [0.717, 1.165) is 24.1 Å². The van der Waals surface area contributed by atoms with Gasteiger partial charge in [0.1, 0.15) is 6.10 Å². The van der Waals surface area contributed by atoms with Gasteiger partial charge in [0.25, 0.3) is 0 Å². The number of aliphatic hydroxyl groups excluding tert-OH is 1. The summed E-state index contributed by atoms with van der Waals surface area (Å²) in [6.45, 7) is 5.11. The van der Waals surface area contributed by atoms with Crippen molar-refractivity contribution in [3.63, 3.8) is 0 Å². The van der Waals surface area contributed by atoms with E-state index in [0.29, 0.717) is 36.0 Å². The largest absolute Gasteiger partial charge is 0.494 e. The van der Waals surface area contributed by atoms with Crippen molar-refractivity contribution in [2.24, 2.45) is 16.8 Å². The van der Waals surface area contributed by atoms with Crippen molar-refractivity contribution in [2.75, 3.05) is 32.8 Å². The van der Waals surface area contributed by atoms with Crippen LogP contribution in [0.3, 0.4) is 0 Å². The van der Waals surface area contributed by atoms with Crippen molar-refractivity contribution in [1.29, 1.82) is 0 Å². The molecule has 6 rings (SSSR count). The Morgan fingerprint density at radius 3 is 2.72 bits per heavy atom. The summed E-state index contributed by atoms with van der Waals surface area (Å²) >= 11 is 0. The summed E-state index contributed by atoms with van der Waals surface area (Å²) in [4.78, 5) is 20.6. The first-order valence-electron chi connectivity index (χ1n) is 15.9. The zero-order valence-electron chi connectivity index (χ0n) is 26.1. The zero-order valence-corrected chi connectivity index (χ0v) is 26.9. The van der Waals surface area contributed by atoms with E-state index in [-0.39, 0.29) is 55.0 Å². The molecule has 4 heterocycles. The summed E-state index contributed by atoms with van der Waals surface area (Å²) in [6, 6.07) is 13.2. The number of amides is 1. The lowest BCUT2D eigenvalue weighted by Gasteiger charge is -2.31. The molecular formula is C33H42N4O8S. The van der Waals surface area contributed by atoms with E-state index in [4.69, 9.17) is 14.2 Å². The molecule has 12 nitrogen and oxygen atoms in total. The Morgan fingerprint density at radius 2 is 1.98 bits per heavy atom. The van der Waals surface area contributed by atoms with E-state index >= 15 is 0 Å². The second-order valence-electron chi connectivity index (χ2n) is 12.7. The Balaban J connectivity index is 1.24. The third-order valence-electron chi connectivity index (χ3n) is 8.82. The quantitative estimate of drug-likeness (QED) is 0.230. The number of aromatic hydroxyl groups is 1. The maximum absolute atomic E-state index is 14.2. The molecule has 3 aliphatic rings. The Hall–Kier alpha value is -3.49. The van der Waals surface area contributed by atoms with Crippen LogP contribution in [0.1, 0.15) is 44.2 Å². The lowest BCUT2D eigenvalue weighted by Crippen LogP contribution is -2.51. The van der Waals surface area contributed by atoms with Crippen molar-refractivity contribution in [3.8, 4) is 5.88 Å². The average molecular weight is 655 g/mol. The number of sulfonamides is 1. The van der Waals surface area contributed by atoms with E-state index in [1.165, 1.54) is 10.4 Å². The fraction of sp³-hybridized carbons (Fsp3) is 0.515. The second-order valence-corrected chi connectivity index (χ2v) is 14.6. The van der Waals surface area contributed by atoms with Gasteiger partial charge < -0.3 is 34.7 Å². The van der Waals surface area contributed by atoms with Gasteiger partial charge in [0, 0.05) is 36.2 Å². The van der Waals surface area contributed by atoms with Gasteiger partial charge >= 0.3 is 6.09 Å². The third kappa shape index (κ3) is 6.93. The first-order valence-corrected chi connectivity index (χ1v) is 17.3. The van der Waals surface area contributed by atoms with Gasteiger partial charge in [-0.25, -0.2) is 13.2 Å². The van der Waals surface area contributed by atoms with Gasteiger partial charge in [0.05, 0.1) is 41.7 Å². The molecule has 0 saturated carbocycles. The Labute approximate surface area is 268 Å². The Kier molecular flexibility index (Phi) is 9.67. The molecule has 0 radical (unpaired) electrons. The second kappa shape index (κ2) is 13.7. The molecule has 0 aliphatic carbocycles. The van der Waals surface area contributed by atoms with Crippen molar-refractivity contribution in [2.45, 2.75) is 69.0 Å². The predicted octanol–water partition coefficient (Wildman–Crippen LogP) is 3.56. The number of aromatic amines is 1. The molecule has 5 atom stereocenters. The summed E-state index contributed by atoms with van der Waals surface area (Å²) in [5.74, 6) is -0.142. The molecule has 2 fully saturated rings.